The Morgan fingerprint density at radius 2 is 1.79 bits per heavy atom. The number of benzene rings is 1. The van der Waals surface area contributed by atoms with Crippen molar-refractivity contribution in [2.45, 2.75) is 45.6 Å². The molecule has 2 saturated heterocycles. The highest BCUT2D eigenvalue weighted by atomic mass is 16.3. The molecule has 0 radical (unpaired) electrons. The number of nitrogens with zero attached hydrogens (tertiary/aromatic N) is 2. The van der Waals surface area contributed by atoms with Crippen LogP contribution in [-0.2, 0) is 9.59 Å². The standard InChI is InChI=1S/C21H29N3O4/c1-3-19(27)22-17-6-4-16(5-7-17)20(28)23-10-8-21(9-11-23)12-18(26)13-24(14-21)15(2)25/h4-7,18,26H,3,8-14H2,1-2H3,(H,22,27). The van der Waals surface area contributed by atoms with Gasteiger partial charge in [-0.15, -0.1) is 0 Å². The number of β-amino-alcohol motifs (C(OH)–C–C–N with tert-alkyl or cyclic N) is 1. The summed E-state index contributed by atoms with van der Waals surface area (Å²) in [6.07, 6.45) is 2.16. The third-order valence-corrected chi connectivity index (χ3v) is 5.92. The van der Waals surface area contributed by atoms with Gasteiger partial charge in [0, 0.05) is 50.8 Å². The zero-order chi connectivity index (χ0) is 20.3. The largest absolute Gasteiger partial charge is 0.391 e. The van der Waals surface area contributed by atoms with Crippen molar-refractivity contribution >= 4 is 23.4 Å². The Bertz CT molecular complexity index is 739. The van der Waals surface area contributed by atoms with Crippen molar-refractivity contribution in [3.05, 3.63) is 29.8 Å². The van der Waals surface area contributed by atoms with E-state index >= 15 is 0 Å². The summed E-state index contributed by atoms with van der Waals surface area (Å²) in [6.45, 7) is 5.62. The normalized spacial score (nSPS) is 21.5. The molecular formula is C21H29N3O4. The zero-order valence-electron chi connectivity index (χ0n) is 16.6. The van der Waals surface area contributed by atoms with E-state index in [2.05, 4.69) is 5.32 Å². The summed E-state index contributed by atoms with van der Waals surface area (Å²) >= 11 is 0. The lowest BCUT2D eigenvalue weighted by Crippen LogP contribution is -2.55. The van der Waals surface area contributed by atoms with Crippen molar-refractivity contribution in [1.29, 1.82) is 0 Å². The molecule has 2 aliphatic rings. The van der Waals surface area contributed by atoms with E-state index in [0.717, 1.165) is 12.8 Å². The number of carbonyl (C=O) groups excluding carboxylic acids is 3. The molecule has 3 amide bonds. The minimum atomic E-state index is -0.495. The number of hydrogen-bond acceptors (Lipinski definition) is 4. The summed E-state index contributed by atoms with van der Waals surface area (Å²) in [5.41, 5.74) is 1.18. The van der Waals surface area contributed by atoms with Crippen molar-refractivity contribution in [2.24, 2.45) is 5.41 Å². The van der Waals surface area contributed by atoms with E-state index in [1.54, 1.807) is 36.1 Å². The maximum absolute atomic E-state index is 12.8. The first kappa shape index (κ1) is 20.3. The van der Waals surface area contributed by atoms with Gasteiger partial charge >= 0.3 is 0 Å². The second-order valence-electron chi connectivity index (χ2n) is 8.03. The second-order valence-corrected chi connectivity index (χ2v) is 8.03. The molecule has 0 aromatic heterocycles. The van der Waals surface area contributed by atoms with Gasteiger partial charge in [-0.2, -0.15) is 0 Å². The molecule has 7 nitrogen and oxygen atoms in total. The van der Waals surface area contributed by atoms with Crippen LogP contribution in [-0.4, -0.2) is 64.9 Å². The molecule has 1 spiro atoms. The van der Waals surface area contributed by atoms with Gasteiger partial charge in [-0.25, -0.2) is 0 Å². The van der Waals surface area contributed by atoms with Crippen molar-refractivity contribution < 1.29 is 19.5 Å². The maximum atomic E-state index is 12.8. The van der Waals surface area contributed by atoms with Crippen LogP contribution in [0, 0.1) is 5.41 Å². The molecule has 0 saturated carbocycles. The first-order chi connectivity index (χ1) is 13.3. The molecule has 1 aromatic carbocycles. The van der Waals surface area contributed by atoms with Crippen molar-refractivity contribution in [3.8, 4) is 0 Å². The summed E-state index contributed by atoms with van der Waals surface area (Å²) < 4.78 is 0. The molecule has 2 heterocycles. The molecule has 152 valence electrons. The SMILES string of the molecule is CCC(=O)Nc1ccc(C(=O)N2CCC3(CC2)CC(O)CN(C(C)=O)C3)cc1. The number of aliphatic hydroxyl groups is 1. The summed E-state index contributed by atoms with van der Waals surface area (Å²) in [5, 5.41) is 13.0. The van der Waals surface area contributed by atoms with Crippen LogP contribution in [0.25, 0.3) is 0 Å². The van der Waals surface area contributed by atoms with Crippen LogP contribution in [0.3, 0.4) is 0 Å². The number of amides is 3. The van der Waals surface area contributed by atoms with Gasteiger partial charge in [0.25, 0.3) is 5.91 Å². The van der Waals surface area contributed by atoms with Crippen LogP contribution in [0.15, 0.2) is 24.3 Å². The molecule has 2 N–H and O–H groups in total. The first-order valence-corrected chi connectivity index (χ1v) is 9.95. The fourth-order valence-corrected chi connectivity index (χ4v) is 4.27. The highest BCUT2D eigenvalue weighted by molar-refractivity contribution is 5.95. The van der Waals surface area contributed by atoms with Crippen LogP contribution in [0.5, 0.6) is 0 Å². The highest BCUT2D eigenvalue weighted by Gasteiger charge is 2.43. The van der Waals surface area contributed by atoms with Crippen molar-refractivity contribution in [3.63, 3.8) is 0 Å². The Labute approximate surface area is 165 Å². The van der Waals surface area contributed by atoms with Crippen LogP contribution in [0.4, 0.5) is 5.69 Å². The number of anilines is 1. The molecule has 28 heavy (non-hydrogen) atoms. The fraction of sp³-hybridized carbons (Fsp3) is 0.571. The summed E-state index contributed by atoms with van der Waals surface area (Å²) in [4.78, 5) is 39.6. The average molecular weight is 387 g/mol. The summed E-state index contributed by atoms with van der Waals surface area (Å²) in [6, 6.07) is 6.96. The average Bonchev–Trinajstić information content (AvgIpc) is 2.68. The molecule has 1 atom stereocenters. The van der Waals surface area contributed by atoms with E-state index in [1.807, 2.05) is 4.90 Å². The molecule has 7 heteroatoms. The van der Waals surface area contributed by atoms with Gasteiger partial charge in [-0.1, -0.05) is 6.92 Å². The third kappa shape index (κ3) is 4.52. The minimum absolute atomic E-state index is 0.00751. The van der Waals surface area contributed by atoms with Crippen LogP contribution >= 0.6 is 0 Å². The van der Waals surface area contributed by atoms with E-state index in [-0.39, 0.29) is 23.1 Å². The van der Waals surface area contributed by atoms with Gasteiger partial charge < -0.3 is 20.2 Å². The monoisotopic (exact) mass is 387 g/mol. The van der Waals surface area contributed by atoms with Crippen LogP contribution in [0.1, 0.15) is 49.9 Å². The third-order valence-electron chi connectivity index (χ3n) is 5.92. The topological polar surface area (TPSA) is 89.9 Å². The quantitative estimate of drug-likeness (QED) is 0.829. The van der Waals surface area contributed by atoms with E-state index in [1.165, 1.54) is 6.92 Å². The number of nitrogens with one attached hydrogen (secondary N) is 1. The minimum Gasteiger partial charge on any atom is -0.391 e. The predicted molar refractivity (Wildman–Crippen MR) is 106 cm³/mol. The van der Waals surface area contributed by atoms with Crippen LogP contribution in [0.2, 0.25) is 0 Å². The van der Waals surface area contributed by atoms with E-state index in [9.17, 15) is 19.5 Å². The van der Waals surface area contributed by atoms with Gasteiger partial charge in [0.05, 0.1) is 6.10 Å². The summed E-state index contributed by atoms with van der Waals surface area (Å²) in [7, 11) is 0. The predicted octanol–water partition coefficient (Wildman–Crippen LogP) is 1.87. The lowest BCUT2D eigenvalue weighted by atomic mass is 9.71. The van der Waals surface area contributed by atoms with E-state index in [0.29, 0.717) is 50.3 Å². The van der Waals surface area contributed by atoms with Crippen LogP contribution < -0.4 is 5.32 Å². The van der Waals surface area contributed by atoms with E-state index < -0.39 is 6.10 Å². The molecule has 0 bridgehead atoms. The van der Waals surface area contributed by atoms with Gasteiger partial charge in [-0.05, 0) is 48.9 Å². The van der Waals surface area contributed by atoms with Gasteiger partial charge in [0.15, 0.2) is 0 Å². The Kier molecular flexibility index (Phi) is 6.03. The van der Waals surface area contributed by atoms with Gasteiger partial charge in [0.2, 0.25) is 11.8 Å². The molecule has 1 unspecified atom stereocenters. The maximum Gasteiger partial charge on any atom is 0.253 e. The molecule has 2 fully saturated rings. The lowest BCUT2D eigenvalue weighted by Gasteiger charge is -2.49. The molecule has 3 rings (SSSR count). The lowest BCUT2D eigenvalue weighted by molar-refractivity contribution is -0.137. The second kappa shape index (κ2) is 8.31. The smallest absolute Gasteiger partial charge is 0.253 e. The Balaban J connectivity index is 1.60. The Hall–Kier alpha value is -2.41. The molecule has 2 aliphatic heterocycles. The summed E-state index contributed by atoms with van der Waals surface area (Å²) in [5.74, 6) is -0.0930. The number of carbonyl (C=O) groups is 3. The van der Waals surface area contributed by atoms with Crippen molar-refractivity contribution in [1.82, 2.24) is 9.80 Å². The molecular weight excluding hydrogens is 358 g/mol. The van der Waals surface area contributed by atoms with Crippen molar-refractivity contribution in [2.75, 3.05) is 31.5 Å². The Morgan fingerprint density at radius 1 is 1.14 bits per heavy atom. The number of aliphatic hydroxyl groups excluding tert-OH is 1. The van der Waals surface area contributed by atoms with E-state index in [4.69, 9.17) is 0 Å². The highest BCUT2D eigenvalue weighted by Crippen LogP contribution is 2.40. The molecule has 0 aliphatic carbocycles. The number of hydrogen-bond donors (Lipinski definition) is 2. The van der Waals surface area contributed by atoms with Gasteiger partial charge in [-0.3, -0.25) is 14.4 Å². The van der Waals surface area contributed by atoms with Gasteiger partial charge in [0.1, 0.15) is 0 Å². The fourth-order valence-electron chi connectivity index (χ4n) is 4.27. The molecule has 1 aromatic rings. The first-order valence-electron chi connectivity index (χ1n) is 9.95. The zero-order valence-corrected chi connectivity index (χ0v) is 16.6. The number of rotatable bonds is 3. The number of likely N-dealkylation sites (tertiary alicyclic amines) is 2. The number of piperidine rings is 2. The Morgan fingerprint density at radius 3 is 2.36 bits per heavy atom.